The number of rotatable bonds is 10. The summed E-state index contributed by atoms with van der Waals surface area (Å²) >= 11 is 0. The normalized spacial score (nSPS) is 13.8. The lowest BCUT2D eigenvalue weighted by Crippen LogP contribution is -2.27. The zero-order valence-corrected chi connectivity index (χ0v) is 17.8. The Morgan fingerprint density at radius 1 is 1.38 bits per heavy atom. The number of allylic oxidation sites excluding steroid dienone is 1. The van der Waals surface area contributed by atoms with E-state index in [9.17, 15) is 13.6 Å². The summed E-state index contributed by atoms with van der Waals surface area (Å²) in [5.41, 5.74) is 7.04. The van der Waals surface area contributed by atoms with Crippen LogP contribution in [0.2, 0.25) is 0 Å². The zero-order valence-electron chi connectivity index (χ0n) is 17.8. The number of benzene rings is 1. The standard InChI is InChI=1S/C21H25F2N7O2/c1-12-8-27-21(29-16(7-24)10-25-11-18(31)28-15-3-4-15)30-20(12)26-9-13-5-14(22)6-17(23)19(13)32-2/h5-8,10,15H,3-4,9,11,24H2,1-2H3,(H,28,31)(H2,26,27,29,30)/b16-7+,25-10?. The highest BCUT2D eigenvalue weighted by Crippen LogP contribution is 2.25. The highest BCUT2D eigenvalue weighted by atomic mass is 19.1. The minimum Gasteiger partial charge on any atom is -0.493 e. The summed E-state index contributed by atoms with van der Waals surface area (Å²) < 4.78 is 32.5. The van der Waals surface area contributed by atoms with Crippen LogP contribution in [0.4, 0.5) is 20.5 Å². The Morgan fingerprint density at radius 3 is 2.84 bits per heavy atom. The number of carbonyl (C=O) groups excluding carboxylic acids is 1. The van der Waals surface area contributed by atoms with E-state index >= 15 is 0 Å². The van der Waals surface area contributed by atoms with Crippen molar-refractivity contribution in [1.29, 1.82) is 0 Å². The molecule has 0 aliphatic heterocycles. The Labute approximate surface area is 184 Å². The fourth-order valence-corrected chi connectivity index (χ4v) is 2.81. The molecule has 0 radical (unpaired) electrons. The van der Waals surface area contributed by atoms with Crippen LogP contribution in [0.1, 0.15) is 24.0 Å². The Hall–Kier alpha value is -3.76. The zero-order chi connectivity index (χ0) is 23.1. The SMILES string of the molecule is COc1c(F)cc(F)cc1CNc1nc(N/C(C=NCC(=O)NC2CC2)=C/N)ncc1C. The van der Waals surface area contributed by atoms with Gasteiger partial charge < -0.3 is 26.4 Å². The molecule has 2 aromatic rings. The maximum absolute atomic E-state index is 13.9. The van der Waals surface area contributed by atoms with Gasteiger partial charge in [-0.05, 0) is 25.8 Å². The second kappa shape index (κ2) is 10.5. The molecule has 1 aliphatic carbocycles. The molecule has 3 rings (SSSR count). The van der Waals surface area contributed by atoms with Gasteiger partial charge in [0.15, 0.2) is 11.6 Å². The van der Waals surface area contributed by atoms with Gasteiger partial charge in [0.2, 0.25) is 11.9 Å². The molecule has 9 nitrogen and oxygen atoms in total. The van der Waals surface area contributed by atoms with Gasteiger partial charge in [0.1, 0.15) is 18.2 Å². The molecular formula is C21H25F2N7O2. The fourth-order valence-electron chi connectivity index (χ4n) is 2.81. The van der Waals surface area contributed by atoms with Crippen molar-refractivity contribution in [3.63, 3.8) is 0 Å². The van der Waals surface area contributed by atoms with Crippen LogP contribution in [-0.4, -0.2) is 41.8 Å². The van der Waals surface area contributed by atoms with Gasteiger partial charge in [-0.25, -0.2) is 13.8 Å². The quantitative estimate of drug-likeness (QED) is 0.413. The van der Waals surface area contributed by atoms with Crippen molar-refractivity contribution < 1.29 is 18.3 Å². The van der Waals surface area contributed by atoms with Crippen molar-refractivity contribution in [2.45, 2.75) is 32.4 Å². The molecule has 1 saturated carbocycles. The molecule has 1 aliphatic rings. The topological polar surface area (TPSA) is 127 Å². The van der Waals surface area contributed by atoms with E-state index < -0.39 is 11.6 Å². The Bertz CT molecular complexity index is 1040. The van der Waals surface area contributed by atoms with Gasteiger partial charge in [-0.3, -0.25) is 9.79 Å². The highest BCUT2D eigenvalue weighted by Gasteiger charge is 2.22. The number of halogens is 2. The van der Waals surface area contributed by atoms with Gasteiger partial charge in [0.05, 0.1) is 12.8 Å². The number of anilines is 2. The number of hydrogen-bond donors (Lipinski definition) is 4. The number of nitrogens with two attached hydrogens (primary N) is 1. The summed E-state index contributed by atoms with van der Waals surface area (Å²) in [5, 5.41) is 8.78. The summed E-state index contributed by atoms with van der Waals surface area (Å²) in [5.74, 6) is -1.01. The van der Waals surface area contributed by atoms with E-state index in [1.165, 1.54) is 25.6 Å². The number of hydrogen-bond acceptors (Lipinski definition) is 8. The first-order chi connectivity index (χ1) is 15.4. The summed E-state index contributed by atoms with van der Waals surface area (Å²) in [7, 11) is 1.32. The molecule has 170 valence electrons. The molecule has 5 N–H and O–H groups in total. The average Bonchev–Trinajstić information content (AvgIpc) is 3.56. The highest BCUT2D eigenvalue weighted by molar-refractivity contribution is 5.85. The summed E-state index contributed by atoms with van der Waals surface area (Å²) in [6.45, 7) is 1.85. The van der Waals surface area contributed by atoms with Crippen molar-refractivity contribution in [3.05, 3.63) is 53.0 Å². The van der Waals surface area contributed by atoms with Gasteiger partial charge in [-0.1, -0.05) is 0 Å². The smallest absolute Gasteiger partial charge is 0.241 e. The van der Waals surface area contributed by atoms with Crippen molar-refractivity contribution in [2.75, 3.05) is 24.3 Å². The van der Waals surface area contributed by atoms with Gasteiger partial charge >= 0.3 is 0 Å². The van der Waals surface area contributed by atoms with E-state index in [0.29, 0.717) is 17.1 Å². The molecule has 11 heteroatoms. The van der Waals surface area contributed by atoms with Crippen molar-refractivity contribution >= 4 is 23.9 Å². The van der Waals surface area contributed by atoms with Crippen molar-refractivity contribution in [3.8, 4) is 5.75 Å². The van der Waals surface area contributed by atoms with Gasteiger partial charge in [0, 0.05) is 48.4 Å². The van der Waals surface area contributed by atoms with E-state index in [1.807, 2.05) is 0 Å². The molecule has 0 unspecified atom stereocenters. The van der Waals surface area contributed by atoms with Crippen LogP contribution < -0.4 is 26.4 Å². The number of methoxy groups -OCH3 is 1. The molecule has 0 bridgehead atoms. The van der Waals surface area contributed by atoms with E-state index in [2.05, 4.69) is 30.9 Å². The lowest BCUT2D eigenvalue weighted by Gasteiger charge is -2.13. The molecule has 1 aromatic carbocycles. The Balaban J connectivity index is 1.64. The first kappa shape index (κ1) is 22.9. The lowest BCUT2D eigenvalue weighted by molar-refractivity contribution is -0.119. The number of aromatic nitrogens is 2. The predicted molar refractivity (Wildman–Crippen MR) is 117 cm³/mol. The van der Waals surface area contributed by atoms with Crippen molar-refractivity contribution in [1.82, 2.24) is 15.3 Å². The summed E-state index contributed by atoms with van der Waals surface area (Å²) in [4.78, 5) is 24.3. The average molecular weight is 445 g/mol. The Kier molecular flexibility index (Phi) is 7.53. The molecule has 1 aromatic heterocycles. The minimum absolute atomic E-state index is 0.0108. The maximum Gasteiger partial charge on any atom is 0.241 e. The summed E-state index contributed by atoms with van der Waals surface area (Å²) in [6.07, 6.45) is 6.29. The monoisotopic (exact) mass is 445 g/mol. The van der Waals surface area contributed by atoms with Crippen LogP contribution in [0.5, 0.6) is 5.75 Å². The van der Waals surface area contributed by atoms with Gasteiger partial charge in [-0.2, -0.15) is 4.98 Å². The Morgan fingerprint density at radius 2 is 2.16 bits per heavy atom. The first-order valence-corrected chi connectivity index (χ1v) is 9.97. The molecule has 0 saturated heterocycles. The summed E-state index contributed by atoms with van der Waals surface area (Å²) in [6, 6.07) is 2.23. The van der Waals surface area contributed by atoms with Crippen LogP contribution in [-0.2, 0) is 11.3 Å². The lowest BCUT2D eigenvalue weighted by atomic mass is 10.2. The van der Waals surface area contributed by atoms with E-state index in [0.717, 1.165) is 24.5 Å². The van der Waals surface area contributed by atoms with Gasteiger partial charge in [-0.15, -0.1) is 0 Å². The van der Waals surface area contributed by atoms with E-state index in [4.69, 9.17) is 10.5 Å². The molecule has 1 heterocycles. The predicted octanol–water partition coefficient (Wildman–Crippen LogP) is 2.25. The second-order valence-corrected chi connectivity index (χ2v) is 7.22. The molecule has 32 heavy (non-hydrogen) atoms. The molecule has 1 amide bonds. The fraction of sp³-hybridized carbons (Fsp3) is 0.333. The van der Waals surface area contributed by atoms with Crippen molar-refractivity contribution in [2.24, 2.45) is 10.7 Å². The second-order valence-electron chi connectivity index (χ2n) is 7.22. The number of nitrogens with one attached hydrogen (secondary N) is 3. The number of carbonyl (C=O) groups is 1. The van der Waals surface area contributed by atoms with Crippen LogP contribution in [0.15, 0.2) is 35.2 Å². The molecule has 0 atom stereocenters. The van der Waals surface area contributed by atoms with Crippen LogP contribution in [0.25, 0.3) is 0 Å². The molecule has 0 spiro atoms. The number of ether oxygens (including phenoxy) is 1. The first-order valence-electron chi connectivity index (χ1n) is 9.97. The number of amides is 1. The number of nitrogens with zero attached hydrogens (tertiary/aromatic N) is 3. The third-order valence-corrected chi connectivity index (χ3v) is 4.55. The number of aliphatic imine (C=N–C) groups is 1. The number of aryl methyl sites for hydroxylation is 1. The van der Waals surface area contributed by atoms with E-state index in [1.54, 1.807) is 13.1 Å². The third-order valence-electron chi connectivity index (χ3n) is 4.55. The third kappa shape index (κ3) is 6.37. The van der Waals surface area contributed by atoms with Crippen LogP contribution in [0.3, 0.4) is 0 Å². The van der Waals surface area contributed by atoms with Gasteiger partial charge in [0.25, 0.3) is 0 Å². The largest absolute Gasteiger partial charge is 0.493 e. The molecular weight excluding hydrogens is 420 g/mol. The van der Waals surface area contributed by atoms with E-state index in [-0.39, 0.29) is 36.7 Å². The van der Waals surface area contributed by atoms with Crippen LogP contribution >= 0.6 is 0 Å². The minimum atomic E-state index is -0.783. The van der Waals surface area contributed by atoms with Crippen LogP contribution in [0, 0.1) is 18.6 Å². The maximum atomic E-state index is 13.9. The molecule has 1 fully saturated rings.